The van der Waals surface area contributed by atoms with Crippen molar-refractivity contribution in [1.29, 1.82) is 0 Å². The molecule has 1 N–H and O–H groups in total. The minimum atomic E-state index is 0.533. The quantitative estimate of drug-likeness (QED) is 0.753. The standard InChI is InChI=1S/C19H23NOS/c1-5-19(22)20-17-8-6-7-14(3)16(17)12-21-18-11-13(2)9-10-15(18)4/h6-11H,5,12H2,1-4H3,(H,20,22). The van der Waals surface area contributed by atoms with Crippen LogP contribution in [0.5, 0.6) is 5.75 Å². The van der Waals surface area contributed by atoms with E-state index < -0.39 is 0 Å². The van der Waals surface area contributed by atoms with E-state index in [4.69, 9.17) is 17.0 Å². The summed E-state index contributed by atoms with van der Waals surface area (Å²) in [5, 5.41) is 3.31. The molecule has 2 aromatic carbocycles. The van der Waals surface area contributed by atoms with Crippen molar-refractivity contribution in [2.24, 2.45) is 0 Å². The highest BCUT2D eigenvalue weighted by molar-refractivity contribution is 7.80. The van der Waals surface area contributed by atoms with Crippen molar-refractivity contribution in [3.8, 4) is 5.75 Å². The Morgan fingerprint density at radius 1 is 1.09 bits per heavy atom. The Morgan fingerprint density at radius 3 is 2.59 bits per heavy atom. The van der Waals surface area contributed by atoms with Gasteiger partial charge in [-0.15, -0.1) is 0 Å². The number of rotatable bonds is 5. The summed E-state index contributed by atoms with van der Waals surface area (Å²) in [4.78, 5) is 0.846. The second kappa shape index (κ2) is 7.41. The van der Waals surface area contributed by atoms with E-state index >= 15 is 0 Å². The highest BCUT2D eigenvalue weighted by atomic mass is 32.1. The summed E-state index contributed by atoms with van der Waals surface area (Å²) in [5.74, 6) is 0.937. The molecule has 0 aliphatic carbocycles. The minimum absolute atomic E-state index is 0.533. The van der Waals surface area contributed by atoms with Gasteiger partial charge in [0, 0.05) is 11.3 Å². The lowest BCUT2D eigenvalue weighted by molar-refractivity contribution is 0.304. The van der Waals surface area contributed by atoms with Crippen LogP contribution in [0.4, 0.5) is 5.69 Å². The van der Waals surface area contributed by atoms with E-state index in [1.165, 1.54) is 11.1 Å². The van der Waals surface area contributed by atoms with Gasteiger partial charge in [-0.25, -0.2) is 0 Å². The van der Waals surface area contributed by atoms with E-state index in [0.717, 1.165) is 34.0 Å². The number of benzene rings is 2. The lowest BCUT2D eigenvalue weighted by atomic mass is 10.1. The molecule has 0 aliphatic heterocycles. The van der Waals surface area contributed by atoms with Crippen molar-refractivity contribution in [1.82, 2.24) is 0 Å². The zero-order chi connectivity index (χ0) is 16.1. The van der Waals surface area contributed by atoms with Crippen molar-refractivity contribution >= 4 is 22.9 Å². The third-order valence-corrected chi connectivity index (χ3v) is 4.11. The van der Waals surface area contributed by atoms with Gasteiger partial charge in [-0.3, -0.25) is 0 Å². The molecule has 0 spiro atoms. The van der Waals surface area contributed by atoms with Crippen LogP contribution in [0.3, 0.4) is 0 Å². The van der Waals surface area contributed by atoms with Crippen LogP contribution < -0.4 is 10.1 Å². The maximum atomic E-state index is 6.06. The van der Waals surface area contributed by atoms with Gasteiger partial charge in [0.2, 0.25) is 0 Å². The van der Waals surface area contributed by atoms with Gasteiger partial charge in [0.05, 0.1) is 4.99 Å². The summed E-state index contributed by atoms with van der Waals surface area (Å²) in [5.41, 5.74) is 5.75. The fourth-order valence-electron chi connectivity index (χ4n) is 2.26. The van der Waals surface area contributed by atoms with Crippen LogP contribution in [-0.4, -0.2) is 4.99 Å². The third kappa shape index (κ3) is 4.08. The van der Waals surface area contributed by atoms with Gasteiger partial charge < -0.3 is 10.1 Å². The molecule has 0 unspecified atom stereocenters. The molecule has 116 valence electrons. The fraction of sp³-hybridized carbons (Fsp3) is 0.316. The van der Waals surface area contributed by atoms with Gasteiger partial charge in [-0.1, -0.05) is 43.4 Å². The number of thiocarbonyl (C=S) groups is 1. The van der Waals surface area contributed by atoms with Crippen LogP contribution in [0.2, 0.25) is 0 Å². The maximum absolute atomic E-state index is 6.06. The van der Waals surface area contributed by atoms with Gasteiger partial charge in [-0.2, -0.15) is 0 Å². The average molecular weight is 313 g/mol. The van der Waals surface area contributed by atoms with Crippen LogP contribution in [0.25, 0.3) is 0 Å². The molecule has 22 heavy (non-hydrogen) atoms. The zero-order valence-electron chi connectivity index (χ0n) is 13.7. The first-order valence-electron chi connectivity index (χ1n) is 7.59. The minimum Gasteiger partial charge on any atom is -0.489 e. The molecule has 0 aromatic heterocycles. The first-order chi connectivity index (χ1) is 10.5. The van der Waals surface area contributed by atoms with E-state index in [-0.39, 0.29) is 0 Å². The van der Waals surface area contributed by atoms with Gasteiger partial charge in [0.1, 0.15) is 12.4 Å². The molecule has 2 aromatic rings. The Balaban J connectivity index is 2.21. The first-order valence-corrected chi connectivity index (χ1v) is 8.00. The topological polar surface area (TPSA) is 21.3 Å². The van der Waals surface area contributed by atoms with Gasteiger partial charge in [-0.05, 0) is 56.0 Å². The predicted octanol–water partition coefficient (Wildman–Crippen LogP) is 5.34. The van der Waals surface area contributed by atoms with Gasteiger partial charge >= 0.3 is 0 Å². The molecule has 0 heterocycles. The Bertz CT molecular complexity index is 679. The maximum Gasteiger partial charge on any atom is 0.122 e. The molecule has 2 nitrogen and oxygen atoms in total. The molecule has 3 heteroatoms. The molecule has 0 atom stereocenters. The summed E-state index contributed by atoms with van der Waals surface area (Å²) in [6.07, 6.45) is 0.834. The molecule has 0 amide bonds. The number of aryl methyl sites for hydroxylation is 3. The van der Waals surface area contributed by atoms with Crippen molar-refractivity contribution in [3.05, 3.63) is 58.7 Å². The lowest BCUT2D eigenvalue weighted by Crippen LogP contribution is -2.11. The van der Waals surface area contributed by atoms with E-state index in [1.807, 2.05) is 6.07 Å². The molecule has 0 bridgehead atoms. The van der Waals surface area contributed by atoms with Crippen LogP contribution >= 0.6 is 12.2 Å². The third-order valence-electron chi connectivity index (χ3n) is 3.72. The van der Waals surface area contributed by atoms with E-state index in [2.05, 4.69) is 63.3 Å². The summed E-state index contributed by atoms with van der Waals surface area (Å²) < 4.78 is 6.06. The van der Waals surface area contributed by atoms with Crippen LogP contribution in [0.15, 0.2) is 36.4 Å². The summed E-state index contributed by atoms with van der Waals surface area (Å²) in [6.45, 7) is 8.83. The zero-order valence-corrected chi connectivity index (χ0v) is 14.5. The van der Waals surface area contributed by atoms with Gasteiger partial charge in [0.25, 0.3) is 0 Å². The number of ether oxygens (including phenoxy) is 1. The number of hydrogen-bond donors (Lipinski definition) is 1. The first kappa shape index (κ1) is 16.5. The Kier molecular flexibility index (Phi) is 5.56. The predicted molar refractivity (Wildman–Crippen MR) is 97.9 cm³/mol. The van der Waals surface area contributed by atoms with E-state index in [0.29, 0.717) is 6.61 Å². The van der Waals surface area contributed by atoms with Crippen LogP contribution in [-0.2, 0) is 6.61 Å². The molecule has 0 aliphatic rings. The Hall–Kier alpha value is -1.87. The van der Waals surface area contributed by atoms with Gasteiger partial charge in [0.15, 0.2) is 0 Å². The van der Waals surface area contributed by atoms with Crippen LogP contribution in [0, 0.1) is 20.8 Å². The second-order valence-corrected chi connectivity index (χ2v) is 6.05. The van der Waals surface area contributed by atoms with Crippen LogP contribution in [0.1, 0.15) is 35.6 Å². The highest BCUT2D eigenvalue weighted by Crippen LogP contribution is 2.25. The van der Waals surface area contributed by atoms with Crippen molar-refractivity contribution < 1.29 is 4.74 Å². The smallest absolute Gasteiger partial charge is 0.122 e. The summed E-state index contributed by atoms with van der Waals surface area (Å²) >= 11 is 5.30. The fourth-order valence-corrected chi connectivity index (χ4v) is 2.37. The summed E-state index contributed by atoms with van der Waals surface area (Å²) in [6, 6.07) is 12.5. The molecule has 2 rings (SSSR count). The number of anilines is 1. The second-order valence-electron chi connectivity index (χ2n) is 5.56. The SMILES string of the molecule is CCC(=S)Nc1cccc(C)c1COc1cc(C)ccc1C. The van der Waals surface area contributed by atoms with E-state index in [9.17, 15) is 0 Å². The average Bonchev–Trinajstić information content (AvgIpc) is 2.49. The molecule has 0 fully saturated rings. The highest BCUT2D eigenvalue weighted by Gasteiger charge is 2.09. The Labute approximate surface area is 138 Å². The number of hydrogen-bond acceptors (Lipinski definition) is 2. The molecular weight excluding hydrogens is 290 g/mol. The molecule has 0 radical (unpaired) electrons. The van der Waals surface area contributed by atoms with Crippen molar-refractivity contribution in [2.45, 2.75) is 40.7 Å². The van der Waals surface area contributed by atoms with Crippen molar-refractivity contribution in [3.63, 3.8) is 0 Å². The molecular formula is C19H23NOS. The monoisotopic (exact) mass is 313 g/mol. The normalized spacial score (nSPS) is 10.4. The molecule has 0 saturated heterocycles. The summed E-state index contributed by atoms with van der Waals surface area (Å²) in [7, 11) is 0. The van der Waals surface area contributed by atoms with Crippen molar-refractivity contribution in [2.75, 3.05) is 5.32 Å². The largest absolute Gasteiger partial charge is 0.489 e. The number of nitrogens with one attached hydrogen (secondary N) is 1. The Morgan fingerprint density at radius 2 is 1.86 bits per heavy atom. The lowest BCUT2D eigenvalue weighted by Gasteiger charge is -2.16. The molecule has 0 saturated carbocycles. The van der Waals surface area contributed by atoms with E-state index in [1.54, 1.807) is 0 Å².